The van der Waals surface area contributed by atoms with E-state index in [4.69, 9.17) is 4.74 Å². The number of halogens is 1. The largest absolute Gasteiger partial charge is 0.496 e. The Morgan fingerprint density at radius 1 is 1.02 bits per heavy atom. The first kappa shape index (κ1) is 30.7. The number of nitrogens with zero attached hydrogens (tertiary/aromatic N) is 3. The summed E-state index contributed by atoms with van der Waals surface area (Å²) in [6.07, 6.45) is 1.88. The van der Waals surface area contributed by atoms with Gasteiger partial charge in [0.1, 0.15) is 11.6 Å². The maximum atomic E-state index is 14.7. The lowest BCUT2D eigenvalue weighted by Gasteiger charge is -2.33. The first-order chi connectivity index (χ1) is 19.4. The minimum atomic E-state index is -0.156. The number of nitrogens with one attached hydrogen (secondary N) is 1. The maximum Gasteiger partial charge on any atom is 0.209 e. The van der Waals surface area contributed by atoms with Crippen molar-refractivity contribution < 1.29 is 13.9 Å². The average molecular weight is 547 g/mol. The number of piperazine rings is 1. The molecule has 0 unspecified atom stereocenters. The summed E-state index contributed by atoms with van der Waals surface area (Å²) in [5.74, 6) is 1.78. The van der Waals surface area contributed by atoms with Crippen molar-refractivity contribution in [1.82, 2.24) is 14.9 Å². The summed E-state index contributed by atoms with van der Waals surface area (Å²) in [4.78, 5) is 22.4. The smallest absolute Gasteiger partial charge is 0.209 e. The predicted octanol–water partition coefficient (Wildman–Crippen LogP) is 7.36. The van der Waals surface area contributed by atoms with Gasteiger partial charge in [-0.3, -0.25) is 4.79 Å². The lowest BCUT2D eigenvalue weighted by molar-refractivity contribution is -0.118. The molecule has 1 fully saturated rings. The standard InChI is InChI=1S/C19H20FNO.C12H17N3O.C2H6/c1-11(2)14-10-15(13-7-5-6-8-17(13)22-4)16-9-12(3)21-19(16)18(14)20;1-2-11-4-3-5-12(13-11)15-8-6-14(10-16)7-9-15;1-2/h5-11,21H,1-4H3;3-5,10H,2,6-9H2,1H3;1-2H3. The normalized spacial score (nSPS) is 12.9. The summed E-state index contributed by atoms with van der Waals surface area (Å²) in [6, 6.07) is 17.9. The Morgan fingerprint density at radius 2 is 1.73 bits per heavy atom. The minimum Gasteiger partial charge on any atom is -0.496 e. The highest BCUT2D eigenvalue weighted by Gasteiger charge is 2.19. The molecule has 1 amide bonds. The quantitative estimate of drug-likeness (QED) is 0.257. The number of methoxy groups -OCH3 is 1. The molecule has 3 heterocycles. The van der Waals surface area contributed by atoms with Gasteiger partial charge in [-0.05, 0) is 60.7 Å². The van der Waals surface area contributed by atoms with E-state index in [0.717, 1.165) is 84.0 Å². The van der Waals surface area contributed by atoms with E-state index < -0.39 is 0 Å². The molecule has 6 nitrogen and oxygen atoms in total. The first-order valence-electron chi connectivity index (χ1n) is 14.2. The Balaban J connectivity index is 0.000000217. The molecular formula is C33H43FN4O2. The van der Waals surface area contributed by atoms with Crippen molar-refractivity contribution in [2.24, 2.45) is 0 Å². The van der Waals surface area contributed by atoms with Crippen molar-refractivity contribution in [3.63, 3.8) is 0 Å². The van der Waals surface area contributed by atoms with Gasteiger partial charge in [0, 0.05) is 48.5 Å². The van der Waals surface area contributed by atoms with Gasteiger partial charge in [0.15, 0.2) is 5.82 Å². The number of aromatic nitrogens is 2. The van der Waals surface area contributed by atoms with Crippen molar-refractivity contribution in [3.05, 3.63) is 77.4 Å². The van der Waals surface area contributed by atoms with Crippen molar-refractivity contribution >= 4 is 23.1 Å². The predicted molar refractivity (Wildman–Crippen MR) is 164 cm³/mol. The lowest BCUT2D eigenvalue weighted by Crippen LogP contribution is -2.46. The second-order valence-corrected chi connectivity index (χ2v) is 9.89. The SMILES string of the molecule is CC.CCc1cccc(N2CCN(C=O)CC2)n1.COc1ccccc1-c1cc(C(C)C)c(F)c2[nH]c(C)cc12. The van der Waals surface area contributed by atoms with E-state index in [9.17, 15) is 9.18 Å². The van der Waals surface area contributed by atoms with E-state index in [2.05, 4.69) is 21.8 Å². The van der Waals surface area contributed by atoms with E-state index >= 15 is 0 Å². The molecule has 0 radical (unpaired) electrons. The molecule has 1 aliphatic rings. The van der Waals surface area contributed by atoms with Crippen LogP contribution in [-0.4, -0.2) is 54.6 Å². The number of aryl methyl sites for hydroxylation is 2. The van der Waals surface area contributed by atoms with Crippen LogP contribution in [0, 0.1) is 12.7 Å². The fourth-order valence-corrected chi connectivity index (χ4v) is 4.82. The van der Waals surface area contributed by atoms with Gasteiger partial charge in [-0.15, -0.1) is 0 Å². The number of fused-ring (bicyclic) bond motifs is 1. The van der Waals surface area contributed by atoms with Gasteiger partial charge in [0.2, 0.25) is 6.41 Å². The van der Waals surface area contributed by atoms with Crippen LogP contribution in [-0.2, 0) is 11.2 Å². The number of H-pyrrole nitrogens is 1. The van der Waals surface area contributed by atoms with Crippen LogP contribution in [0.1, 0.15) is 57.5 Å². The highest BCUT2D eigenvalue weighted by molar-refractivity contribution is 5.98. The fraction of sp³-hybridized carbons (Fsp3) is 0.394. The first-order valence-corrected chi connectivity index (χ1v) is 14.2. The maximum absolute atomic E-state index is 14.7. The van der Waals surface area contributed by atoms with Gasteiger partial charge in [0.25, 0.3) is 0 Å². The van der Waals surface area contributed by atoms with Gasteiger partial charge in [-0.25, -0.2) is 9.37 Å². The third kappa shape index (κ3) is 7.00. The van der Waals surface area contributed by atoms with Crippen LogP contribution >= 0.6 is 0 Å². The summed E-state index contributed by atoms with van der Waals surface area (Å²) in [7, 11) is 1.66. The number of hydrogen-bond donors (Lipinski definition) is 1. The molecular weight excluding hydrogens is 503 g/mol. The summed E-state index contributed by atoms with van der Waals surface area (Å²) in [5, 5.41) is 0.893. The number of anilines is 1. The third-order valence-electron chi connectivity index (χ3n) is 6.98. The van der Waals surface area contributed by atoms with E-state index in [1.54, 1.807) is 12.0 Å². The van der Waals surface area contributed by atoms with E-state index in [1.165, 1.54) is 0 Å². The second-order valence-electron chi connectivity index (χ2n) is 9.89. The Bertz CT molecular complexity index is 1390. The van der Waals surface area contributed by atoms with Crippen molar-refractivity contribution in [2.45, 2.75) is 53.9 Å². The molecule has 5 rings (SSSR count). The van der Waals surface area contributed by atoms with Crippen LogP contribution in [0.5, 0.6) is 5.75 Å². The number of aromatic amines is 1. The zero-order chi connectivity index (χ0) is 29.2. The molecule has 214 valence electrons. The highest BCUT2D eigenvalue weighted by atomic mass is 19.1. The number of carbonyl (C=O) groups is 1. The molecule has 0 aliphatic carbocycles. The fourth-order valence-electron chi connectivity index (χ4n) is 4.82. The van der Waals surface area contributed by atoms with E-state index in [0.29, 0.717) is 5.52 Å². The molecule has 0 saturated carbocycles. The summed E-state index contributed by atoms with van der Waals surface area (Å²) in [5.41, 5.74) is 5.35. The molecule has 7 heteroatoms. The summed E-state index contributed by atoms with van der Waals surface area (Å²) in [6.45, 7) is 15.4. The molecule has 0 atom stereocenters. The number of rotatable bonds is 6. The summed E-state index contributed by atoms with van der Waals surface area (Å²) < 4.78 is 20.2. The Labute approximate surface area is 238 Å². The number of amides is 1. The van der Waals surface area contributed by atoms with Gasteiger partial charge in [-0.2, -0.15) is 0 Å². The monoisotopic (exact) mass is 546 g/mol. The van der Waals surface area contributed by atoms with Gasteiger partial charge >= 0.3 is 0 Å². The zero-order valence-electron chi connectivity index (χ0n) is 24.9. The van der Waals surface area contributed by atoms with Crippen LogP contribution in [0.15, 0.2) is 54.6 Å². The van der Waals surface area contributed by atoms with E-state index in [1.807, 2.05) is 89.2 Å². The third-order valence-corrected chi connectivity index (χ3v) is 6.98. The zero-order valence-corrected chi connectivity index (χ0v) is 24.9. The van der Waals surface area contributed by atoms with Gasteiger partial charge < -0.3 is 19.5 Å². The van der Waals surface area contributed by atoms with Crippen LogP contribution in [0.2, 0.25) is 0 Å². The molecule has 40 heavy (non-hydrogen) atoms. The number of ether oxygens (including phenoxy) is 1. The van der Waals surface area contributed by atoms with Crippen LogP contribution in [0.4, 0.5) is 10.2 Å². The molecule has 1 saturated heterocycles. The Hall–Kier alpha value is -3.87. The second kappa shape index (κ2) is 14.5. The van der Waals surface area contributed by atoms with Crippen LogP contribution in [0.3, 0.4) is 0 Å². The van der Waals surface area contributed by atoms with Gasteiger partial charge in [-0.1, -0.05) is 58.9 Å². The van der Waals surface area contributed by atoms with Crippen molar-refractivity contribution in [1.29, 1.82) is 0 Å². The number of carbonyl (C=O) groups excluding carboxylic acids is 1. The number of pyridine rings is 1. The number of para-hydroxylation sites is 1. The number of benzene rings is 2. The molecule has 2 aromatic carbocycles. The molecule has 1 N–H and O–H groups in total. The van der Waals surface area contributed by atoms with E-state index in [-0.39, 0.29) is 11.7 Å². The van der Waals surface area contributed by atoms with Crippen molar-refractivity contribution in [3.8, 4) is 16.9 Å². The van der Waals surface area contributed by atoms with Gasteiger partial charge in [0.05, 0.1) is 12.6 Å². The topological polar surface area (TPSA) is 61.5 Å². The lowest BCUT2D eigenvalue weighted by atomic mass is 9.93. The molecule has 0 spiro atoms. The Morgan fingerprint density at radius 3 is 2.35 bits per heavy atom. The number of hydrogen-bond acceptors (Lipinski definition) is 4. The van der Waals surface area contributed by atoms with Crippen molar-refractivity contribution in [2.75, 3.05) is 38.2 Å². The molecule has 1 aliphatic heterocycles. The highest BCUT2D eigenvalue weighted by Crippen LogP contribution is 2.39. The summed E-state index contributed by atoms with van der Waals surface area (Å²) >= 11 is 0. The Kier molecular flexibility index (Phi) is 11.1. The molecule has 4 aromatic rings. The average Bonchev–Trinajstić information content (AvgIpc) is 3.40. The molecule has 2 aromatic heterocycles. The van der Waals surface area contributed by atoms with Crippen LogP contribution < -0.4 is 9.64 Å². The van der Waals surface area contributed by atoms with Crippen LogP contribution in [0.25, 0.3) is 22.0 Å². The molecule has 0 bridgehead atoms. The minimum absolute atomic E-state index is 0.112.